The molecular weight excluding hydrogens is 440 g/mol. The number of ketones is 1. The second-order valence-corrected chi connectivity index (χ2v) is 8.42. The fraction of sp³-hybridized carbons (Fsp3) is 0.621. The summed E-state index contributed by atoms with van der Waals surface area (Å²) in [6.45, 7) is 19.6. The van der Waals surface area contributed by atoms with Gasteiger partial charge in [0.15, 0.2) is 0 Å². The Hall–Kier alpha value is -2.63. The summed E-state index contributed by atoms with van der Waals surface area (Å²) in [6, 6.07) is -0.882. The van der Waals surface area contributed by atoms with Crippen LogP contribution in [0.1, 0.15) is 92.9 Å². The highest BCUT2D eigenvalue weighted by molar-refractivity contribution is 5.82. The second-order valence-electron chi connectivity index (χ2n) is 8.42. The molecule has 6 nitrogen and oxygen atoms in total. The van der Waals surface area contributed by atoms with E-state index in [9.17, 15) is 14.4 Å². The van der Waals surface area contributed by atoms with Crippen molar-refractivity contribution < 1.29 is 19.5 Å². The number of hydrogen-bond donors (Lipinski definition) is 3. The molecular formula is C29H50N2O4. The van der Waals surface area contributed by atoms with Crippen LogP contribution in [0, 0.1) is 11.8 Å². The minimum atomic E-state index is -1.04. The Morgan fingerprint density at radius 2 is 1.86 bits per heavy atom. The highest BCUT2D eigenvalue weighted by Gasteiger charge is 2.29. The van der Waals surface area contributed by atoms with Crippen molar-refractivity contribution in [1.82, 2.24) is 10.6 Å². The van der Waals surface area contributed by atoms with E-state index in [1.54, 1.807) is 6.08 Å². The van der Waals surface area contributed by atoms with Gasteiger partial charge in [0.05, 0.1) is 0 Å². The van der Waals surface area contributed by atoms with Crippen LogP contribution < -0.4 is 10.6 Å². The van der Waals surface area contributed by atoms with Crippen LogP contribution in [0.15, 0.2) is 48.7 Å². The number of Topliss-reactive ketones (excluding diaryl/α,β-unsaturated/α-hetero) is 1. The van der Waals surface area contributed by atoms with Crippen molar-refractivity contribution in [1.29, 1.82) is 0 Å². The first-order valence-electron chi connectivity index (χ1n) is 13.1. The van der Waals surface area contributed by atoms with Crippen LogP contribution >= 0.6 is 0 Å². The summed E-state index contributed by atoms with van der Waals surface area (Å²) in [7, 11) is 0. The van der Waals surface area contributed by atoms with Gasteiger partial charge in [-0.15, -0.1) is 6.58 Å². The third-order valence-electron chi connectivity index (χ3n) is 5.61. The molecule has 200 valence electrons. The van der Waals surface area contributed by atoms with Crippen LogP contribution in [-0.2, 0) is 14.4 Å². The standard InChI is InChI=1S/C13H22O.C10H14N2O3.C4H8.C2H6/c1-3-5-6-9-12-11(4-2)8-7-10-13(12)14;1-6-3-8(11-5-6)4-9(10(14)15)12-7(2)13;1-3-4-2;1-2/h5-6,11-12H,3-4,7-10H2,1-2H3;3,9,11H,1,4-5H2,2H3,(H,12,13)(H,14,15);3H,1,4H2,2H3;1-2H3/b6-5+;;;. The smallest absolute Gasteiger partial charge is 0.326 e. The van der Waals surface area contributed by atoms with E-state index in [0.717, 1.165) is 49.8 Å². The maximum absolute atomic E-state index is 11.7. The Kier molecular flexibility index (Phi) is 21.6. The van der Waals surface area contributed by atoms with E-state index in [1.165, 1.54) is 13.3 Å². The van der Waals surface area contributed by atoms with Gasteiger partial charge in [-0.3, -0.25) is 9.59 Å². The van der Waals surface area contributed by atoms with Gasteiger partial charge in [0, 0.05) is 37.9 Å². The Morgan fingerprint density at radius 3 is 2.29 bits per heavy atom. The maximum atomic E-state index is 11.7. The molecule has 1 heterocycles. The molecule has 0 aromatic carbocycles. The van der Waals surface area contributed by atoms with Crippen molar-refractivity contribution in [3.63, 3.8) is 0 Å². The number of allylic oxidation sites excluding steroid dienone is 3. The van der Waals surface area contributed by atoms with Gasteiger partial charge >= 0.3 is 5.97 Å². The van der Waals surface area contributed by atoms with Crippen molar-refractivity contribution in [2.24, 2.45) is 11.8 Å². The summed E-state index contributed by atoms with van der Waals surface area (Å²) < 4.78 is 0. The molecule has 0 bridgehead atoms. The van der Waals surface area contributed by atoms with E-state index < -0.39 is 12.0 Å². The largest absolute Gasteiger partial charge is 0.480 e. The molecule has 0 spiro atoms. The number of rotatable bonds is 9. The predicted octanol–water partition coefficient (Wildman–Crippen LogP) is 6.36. The van der Waals surface area contributed by atoms with Gasteiger partial charge in [0.1, 0.15) is 11.8 Å². The molecule has 0 aromatic rings. The second kappa shape index (κ2) is 21.9. The van der Waals surface area contributed by atoms with Crippen LogP contribution in [0.25, 0.3) is 0 Å². The van der Waals surface area contributed by atoms with Crippen molar-refractivity contribution >= 4 is 17.7 Å². The highest BCUT2D eigenvalue weighted by atomic mass is 16.4. The van der Waals surface area contributed by atoms with Gasteiger partial charge in [0.2, 0.25) is 5.91 Å². The minimum absolute atomic E-state index is 0.258. The van der Waals surface area contributed by atoms with Crippen LogP contribution in [0.3, 0.4) is 0 Å². The van der Waals surface area contributed by atoms with Crippen molar-refractivity contribution in [2.45, 2.75) is 99.0 Å². The topological polar surface area (TPSA) is 95.5 Å². The molecule has 2 rings (SSSR count). The maximum Gasteiger partial charge on any atom is 0.326 e. The molecule has 3 atom stereocenters. The van der Waals surface area contributed by atoms with Crippen molar-refractivity contribution in [3.8, 4) is 0 Å². The molecule has 3 unspecified atom stereocenters. The summed E-state index contributed by atoms with van der Waals surface area (Å²) in [6.07, 6.45) is 15.8. The third kappa shape index (κ3) is 16.6. The lowest BCUT2D eigenvalue weighted by Crippen LogP contribution is -2.40. The Balaban J connectivity index is 0. The molecule has 0 radical (unpaired) electrons. The molecule has 1 aliphatic heterocycles. The molecule has 1 fully saturated rings. The first-order valence-corrected chi connectivity index (χ1v) is 13.1. The summed E-state index contributed by atoms with van der Waals surface area (Å²) >= 11 is 0. The summed E-state index contributed by atoms with van der Waals surface area (Å²) in [4.78, 5) is 33.3. The number of hydrogen-bond acceptors (Lipinski definition) is 4. The highest BCUT2D eigenvalue weighted by Crippen LogP contribution is 2.32. The number of aliphatic carboxylic acids is 1. The zero-order valence-electron chi connectivity index (χ0n) is 23.0. The van der Waals surface area contributed by atoms with E-state index in [-0.39, 0.29) is 12.3 Å². The van der Waals surface area contributed by atoms with Crippen molar-refractivity contribution in [3.05, 3.63) is 48.7 Å². The lowest BCUT2D eigenvalue weighted by atomic mass is 9.75. The lowest BCUT2D eigenvalue weighted by molar-refractivity contribution is -0.141. The van der Waals surface area contributed by atoms with Crippen LogP contribution in [0.5, 0.6) is 0 Å². The van der Waals surface area contributed by atoms with Crippen LogP contribution in [0.2, 0.25) is 0 Å². The zero-order chi connectivity index (χ0) is 27.2. The molecule has 3 N–H and O–H groups in total. The normalized spacial score (nSPS) is 19.4. The number of carboxylic acid groups (broad SMARTS) is 1. The number of carbonyl (C=O) groups excluding carboxylic acids is 2. The average Bonchev–Trinajstić information content (AvgIpc) is 3.25. The monoisotopic (exact) mass is 490 g/mol. The Morgan fingerprint density at radius 1 is 1.23 bits per heavy atom. The van der Waals surface area contributed by atoms with Crippen molar-refractivity contribution in [2.75, 3.05) is 6.54 Å². The first-order chi connectivity index (χ1) is 16.7. The third-order valence-corrected chi connectivity index (χ3v) is 5.61. The molecule has 0 saturated heterocycles. The van der Waals surface area contributed by atoms with Crippen LogP contribution in [-0.4, -0.2) is 35.4 Å². The number of carbonyl (C=O) groups is 3. The van der Waals surface area contributed by atoms with Gasteiger partial charge in [-0.1, -0.05) is 65.8 Å². The quantitative estimate of drug-likeness (QED) is 0.327. The Labute approximate surface area is 214 Å². The van der Waals surface area contributed by atoms with Crippen LogP contribution in [0.4, 0.5) is 0 Å². The van der Waals surface area contributed by atoms with Gasteiger partial charge in [-0.25, -0.2) is 4.79 Å². The fourth-order valence-electron chi connectivity index (χ4n) is 3.78. The Bertz CT molecular complexity index is 709. The predicted molar refractivity (Wildman–Crippen MR) is 147 cm³/mol. The van der Waals surface area contributed by atoms with E-state index in [1.807, 2.05) is 19.9 Å². The molecule has 6 heteroatoms. The molecule has 0 aromatic heterocycles. The molecule has 2 aliphatic rings. The minimum Gasteiger partial charge on any atom is -0.480 e. The number of carboxylic acids is 1. The van der Waals surface area contributed by atoms with E-state index in [2.05, 4.69) is 56.7 Å². The van der Waals surface area contributed by atoms with E-state index in [4.69, 9.17) is 5.11 Å². The summed E-state index contributed by atoms with van der Waals surface area (Å²) in [5.74, 6) is 0.100. The SMILES string of the molecule is C=C1C=C(CC(NC(C)=O)C(=O)O)NC1.C=CCC.CC.CC/C=C/CC1C(=O)CCCC1CC. The molecule has 35 heavy (non-hydrogen) atoms. The van der Waals surface area contributed by atoms with Gasteiger partial charge in [0.25, 0.3) is 0 Å². The average molecular weight is 491 g/mol. The van der Waals surface area contributed by atoms with Gasteiger partial charge in [-0.2, -0.15) is 0 Å². The zero-order valence-corrected chi connectivity index (χ0v) is 23.0. The molecule has 1 aliphatic carbocycles. The summed E-state index contributed by atoms with van der Waals surface area (Å²) in [5, 5.41) is 14.2. The summed E-state index contributed by atoms with van der Waals surface area (Å²) in [5.41, 5.74) is 1.71. The molecule has 1 saturated carbocycles. The van der Waals surface area contributed by atoms with Gasteiger partial charge in [-0.05, 0) is 49.7 Å². The molecule has 1 amide bonds. The van der Waals surface area contributed by atoms with E-state index in [0.29, 0.717) is 24.2 Å². The number of amides is 1. The first kappa shape index (κ1) is 34.5. The lowest BCUT2D eigenvalue weighted by Gasteiger charge is -2.28. The van der Waals surface area contributed by atoms with E-state index >= 15 is 0 Å². The van der Waals surface area contributed by atoms with Gasteiger partial charge < -0.3 is 15.7 Å². The number of nitrogens with one attached hydrogen (secondary N) is 2. The fourth-order valence-corrected chi connectivity index (χ4v) is 3.78.